The number of ether oxygens (including phenoxy) is 1. The Balaban J connectivity index is 1.43. The highest BCUT2D eigenvalue weighted by molar-refractivity contribution is 5.80. The molecule has 22 heavy (non-hydrogen) atoms. The summed E-state index contributed by atoms with van der Waals surface area (Å²) >= 11 is 0. The van der Waals surface area contributed by atoms with Gasteiger partial charge in [-0.25, -0.2) is 0 Å². The zero-order valence-electron chi connectivity index (χ0n) is 13.6. The Morgan fingerprint density at radius 3 is 2.73 bits per heavy atom. The molecule has 3 rings (SSSR count). The first-order chi connectivity index (χ1) is 10.8. The maximum Gasteiger partial charge on any atom is 0.193 e. The van der Waals surface area contributed by atoms with Gasteiger partial charge in [0.1, 0.15) is 12.4 Å². The molecule has 2 aliphatic rings. The second-order valence-electron chi connectivity index (χ2n) is 6.51. The molecule has 1 aliphatic heterocycles. The maximum absolute atomic E-state index is 5.72. The van der Waals surface area contributed by atoms with Crippen LogP contribution in [-0.4, -0.2) is 44.1 Å². The average molecular weight is 301 g/mol. The zero-order valence-corrected chi connectivity index (χ0v) is 13.6. The van der Waals surface area contributed by atoms with Gasteiger partial charge in [0.2, 0.25) is 0 Å². The topological polar surface area (TPSA) is 36.9 Å². The van der Waals surface area contributed by atoms with Crippen molar-refractivity contribution in [3.05, 3.63) is 30.3 Å². The van der Waals surface area contributed by atoms with E-state index in [2.05, 4.69) is 15.2 Å². The highest BCUT2D eigenvalue weighted by atomic mass is 16.5. The number of para-hydroxylation sites is 1. The van der Waals surface area contributed by atoms with E-state index in [9.17, 15) is 0 Å². The summed E-state index contributed by atoms with van der Waals surface area (Å²) in [4.78, 5) is 6.87. The first-order valence-corrected chi connectivity index (χ1v) is 8.45. The Labute approximate surface area is 133 Å². The molecule has 1 heterocycles. The number of guanidine groups is 1. The predicted molar refractivity (Wildman–Crippen MR) is 90.4 cm³/mol. The van der Waals surface area contributed by atoms with E-state index in [1.807, 2.05) is 37.4 Å². The van der Waals surface area contributed by atoms with E-state index in [1.165, 1.54) is 38.6 Å². The number of likely N-dealkylation sites (tertiary alicyclic amines) is 1. The summed E-state index contributed by atoms with van der Waals surface area (Å²) in [6.07, 6.45) is 6.94. The second-order valence-corrected chi connectivity index (χ2v) is 6.51. The number of nitrogens with zero attached hydrogens (tertiary/aromatic N) is 2. The maximum atomic E-state index is 5.72. The normalized spacial score (nSPS) is 20.6. The first kappa shape index (κ1) is 15.2. The quantitative estimate of drug-likeness (QED) is 0.528. The fourth-order valence-electron chi connectivity index (χ4n) is 3.83. The van der Waals surface area contributed by atoms with Gasteiger partial charge in [0.25, 0.3) is 0 Å². The molecule has 0 unspecified atom stereocenters. The van der Waals surface area contributed by atoms with Crippen LogP contribution in [0.1, 0.15) is 32.1 Å². The lowest BCUT2D eigenvalue weighted by Crippen LogP contribution is -2.42. The Hall–Kier alpha value is -1.71. The lowest BCUT2D eigenvalue weighted by atomic mass is 9.86. The van der Waals surface area contributed by atoms with E-state index in [1.54, 1.807) is 0 Å². The molecule has 1 N–H and O–H groups in total. The molecular weight excluding hydrogens is 274 g/mol. The fourth-order valence-corrected chi connectivity index (χ4v) is 3.83. The molecule has 4 nitrogen and oxygen atoms in total. The van der Waals surface area contributed by atoms with Crippen LogP contribution >= 0.6 is 0 Å². The van der Waals surface area contributed by atoms with Crippen LogP contribution in [0.5, 0.6) is 5.75 Å². The molecule has 1 aliphatic carbocycles. The van der Waals surface area contributed by atoms with Crippen LogP contribution in [-0.2, 0) is 0 Å². The van der Waals surface area contributed by atoms with Crippen LogP contribution in [0.4, 0.5) is 0 Å². The zero-order chi connectivity index (χ0) is 15.3. The van der Waals surface area contributed by atoms with Crippen molar-refractivity contribution in [2.75, 3.05) is 33.3 Å². The van der Waals surface area contributed by atoms with Crippen molar-refractivity contribution in [3.63, 3.8) is 0 Å². The Kier molecular flexibility index (Phi) is 4.86. The molecule has 1 aromatic carbocycles. The van der Waals surface area contributed by atoms with Gasteiger partial charge in [-0.05, 0) is 36.8 Å². The van der Waals surface area contributed by atoms with E-state index < -0.39 is 0 Å². The highest BCUT2D eigenvalue weighted by Gasteiger charge is 2.40. The summed E-state index contributed by atoms with van der Waals surface area (Å²) in [6, 6.07) is 9.96. The van der Waals surface area contributed by atoms with Gasteiger partial charge in [-0.1, -0.05) is 31.0 Å². The van der Waals surface area contributed by atoms with Crippen molar-refractivity contribution >= 4 is 5.96 Å². The number of aliphatic imine (C=N–C) groups is 1. The highest BCUT2D eigenvalue weighted by Crippen LogP contribution is 2.45. The van der Waals surface area contributed by atoms with Crippen molar-refractivity contribution in [2.24, 2.45) is 10.4 Å². The first-order valence-electron chi connectivity index (χ1n) is 8.45. The van der Waals surface area contributed by atoms with Crippen molar-refractivity contribution < 1.29 is 4.74 Å². The van der Waals surface area contributed by atoms with Gasteiger partial charge in [0.15, 0.2) is 5.96 Å². The average Bonchev–Trinajstić information content (AvgIpc) is 3.19. The molecular formula is C18H27N3O. The molecule has 120 valence electrons. The van der Waals surface area contributed by atoms with Crippen molar-refractivity contribution in [1.82, 2.24) is 10.2 Å². The summed E-state index contributed by atoms with van der Waals surface area (Å²) in [7, 11) is 1.88. The Bertz CT molecular complexity index is 494. The Morgan fingerprint density at radius 1 is 1.23 bits per heavy atom. The molecule has 0 aromatic heterocycles. The fraction of sp³-hybridized carbons (Fsp3) is 0.611. The number of nitrogens with one attached hydrogen (secondary N) is 1. The number of hydrogen-bond acceptors (Lipinski definition) is 2. The minimum absolute atomic E-state index is 0.582. The van der Waals surface area contributed by atoms with Crippen molar-refractivity contribution in [2.45, 2.75) is 32.1 Å². The minimum Gasteiger partial charge on any atom is -0.492 e. The molecule has 0 amide bonds. The third kappa shape index (κ3) is 3.54. The van der Waals surface area contributed by atoms with Gasteiger partial charge < -0.3 is 15.0 Å². The number of benzene rings is 1. The van der Waals surface area contributed by atoms with E-state index in [4.69, 9.17) is 4.74 Å². The molecule has 1 aromatic rings. The van der Waals surface area contributed by atoms with Gasteiger partial charge in [-0.2, -0.15) is 0 Å². The number of rotatable bonds is 4. The monoisotopic (exact) mass is 301 g/mol. The van der Waals surface area contributed by atoms with Gasteiger partial charge in [0, 0.05) is 20.1 Å². The summed E-state index contributed by atoms with van der Waals surface area (Å²) in [5.74, 6) is 1.95. The second kappa shape index (κ2) is 7.03. The molecule has 2 fully saturated rings. The van der Waals surface area contributed by atoms with E-state index in [-0.39, 0.29) is 0 Å². The molecule has 4 heteroatoms. The predicted octanol–water partition coefficient (Wildman–Crippen LogP) is 2.91. The standard InChI is InChI=1S/C18H27N3O/c1-19-17(20-12-14-22-16-7-3-2-4-8-16)21-13-11-18(15-21)9-5-6-10-18/h2-4,7-8H,5-6,9-15H2,1H3,(H,19,20). The molecule has 0 radical (unpaired) electrons. The lowest BCUT2D eigenvalue weighted by molar-refractivity contribution is 0.303. The van der Waals surface area contributed by atoms with Crippen LogP contribution in [0.15, 0.2) is 35.3 Å². The van der Waals surface area contributed by atoms with E-state index >= 15 is 0 Å². The van der Waals surface area contributed by atoms with Gasteiger partial charge in [-0.15, -0.1) is 0 Å². The van der Waals surface area contributed by atoms with Gasteiger partial charge in [-0.3, -0.25) is 4.99 Å². The molecule has 1 spiro atoms. The van der Waals surface area contributed by atoms with Crippen molar-refractivity contribution in [1.29, 1.82) is 0 Å². The van der Waals surface area contributed by atoms with Crippen molar-refractivity contribution in [3.8, 4) is 5.75 Å². The summed E-state index contributed by atoms with van der Waals surface area (Å²) in [5.41, 5.74) is 0.582. The van der Waals surface area contributed by atoms with E-state index in [0.29, 0.717) is 12.0 Å². The third-order valence-electron chi connectivity index (χ3n) is 5.01. The van der Waals surface area contributed by atoms with Crippen LogP contribution in [0.2, 0.25) is 0 Å². The molecule has 0 bridgehead atoms. The molecule has 0 atom stereocenters. The smallest absolute Gasteiger partial charge is 0.193 e. The summed E-state index contributed by atoms with van der Waals surface area (Å²) < 4.78 is 5.72. The molecule has 1 saturated heterocycles. The third-order valence-corrected chi connectivity index (χ3v) is 5.01. The van der Waals surface area contributed by atoms with E-state index in [0.717, 1.165) is 24.8 Å². The van der Waals surface area contributed by atoms with Crippen LogP contribution in [0.25, 0.3) is 0 Å². The largest absolute Gasteiger partial charge is 0.492 e. The summed E-state index contributed by atoms with van der Waals surface area (Å²) in [6.45, 7) is 3.75. The van der Waals surface area contributed by atoms with Crippen LogP contribution in [0.3, 0.4) is 0 Å². The minimum atomic E-state index is 0.582. The summed E-state index contributed by atoms with van der Waals surface area (Å²) in [5, 5.41) is 3.44. The number of hydrogen-bond donors (Lipinski definition) is 1. The SMILES string of the molecule is CN=C(NCCOc1ccccc1)N1CCC2(CCCC2)C1. The molecule has 1 saturated carbocycles. The lowest BCUT2D eigenvalue weighted by Gasteiger charge is -2.25. The Morgan fingerprint density at radius 2 is 2.00 bits per heavy atom. The van der Waals surface area contributed by atoms with Crippen LogP contribution < -0.4 is 10.1 Å². The van der Waals surface area contributed by atoms with Crippen LogP contribution in [0, 0.1) is 5.41 Å². The van der Waals surface area contributed by atoms with Gasteiger partial charge >= 0.3 is 0 Å². The van der Waals surface area contributed by atoms with Gasteiger partial charge in [0.05, 0.1) is 6.54 Å².